The van der Waals surface area contributed by atoms with Gasteiger partial charge in [-0.1, -0.05) is 6.42 Å². The number of nitrogens with zero attached hydrogens (tertiary/aromatic N) is 1. The van der Waals surface area contributed by atoms with Crippen molar-refractivity contribution < 1.29 is 4.42 Å². The van der Waals surface area contributed by atoms with Gasteiger partial charge in [-0.25, -0.2) is 0 Å². The SMILES string of the molecule is CC(NCC(C)N1CCCCC1)c1ccc(Br)o1. The second kappa shape index (κ2) is 6.73. The van der Waals surface area contributed by atoms with E-state index >= 15 is 0 Å². The summed E-state index contributed by atoms with van der Waals surface area (Å²) < 4.78 is 6.36. The number of hydrogen-bond donors (Lipinski definition) is 1. The fourth-order valence-corrected chi connectivity index (χ4v) is 2.82. The topological polar surface area (TPSA) is 28.4 Å². The van der Waals surface area contributed by atoms with Gasteiger partial charge in [0.05, 0.1) is 6.04 Å². The van der Waals surface area contributed by atoms with Gasteiger partial charge >= 0.3 is 0 Å². The van der Waals surface area contributed by atoms with Gasteiger partial charge in [0.2, 0.25) is 0 Å². The van der Waals surface area contributed by atoms with Crippen LogP contribution < -0.4 is 5.32 Å². The Bertz CT molecular complexity index is 360. The summed E-state index contributed by atoms with van der Waals surface area (Å²) in [5.41, 5.74) is 0. The van der Waals surface area contributed by atoms with E-state index in [1.54, 1.807) is 0 Å². The number of halogens is 1. The van der Waals surface area contributed by atoms with Gasteiger partial charge in [0.1, 0.15) is 5.76 Å². The van der Waals surface area contributed by atoms with Gasteiger partial charge < -0.3 is 9.73 Å². The molecule has 2 heterocycles. The summed E-state index contributed by atoms with van der Waals surface area (Å²) in [4.78, 5) is 2.58. The zero-order valence-corrected chi connectivity index (χ0v) is 12.9. The molecule has 0 amide bonds. The molecule has 18 heavy (non-hydrogen) atoms. The van der Waals surface area contributed by atoms with Gasteiger partial charge in [-0.3, -0.25) is 4.90 Å². The molecule has 1 aromatic rings. The molecule has 1 N–H and O–H groups in total. The van der Waals surface area contributed by atoms with Crippen LogP contribution in [0.5, 0.6) is 0 Å². The summed E-state index contributed by atoms with van der Waals surface area (Å²) in [6, 6.07) is 4.84. The van der Waals surface area contributed by atoms with E-state index in [4.69, 9.17) is 4.42 Å². The molecule has 4 heteroatoms. The van der Waals surface area contributed by atoms with Crippen molar-refractivity contribution in [1.29, 1.82) is 0 Å². The Labute approximate surface area is 118 Å². The molecule has 1 aromatic heterocycles. The third kappa shape index (κ3) is 3.84. The van der Waals surface area contributed by atoms with Crippen LogP contribution in [0.3, 0.4) is 0 Å². The summed E-state index contributed by atoms with van der Waals surface area (Å²) in [7, 11) is 0. The lowest BCUT2D eigenvalue weighted by atomic mass is 10.1. The fourth-order valence-electron chi connectivity index (χ4n) is 2.50. The number of furan rings is 1. The van der Waals surface area contributed by atoms with Crippen LogP contribution in [0.15, 0.2) is 21.2 Å². The van der Waals surface area contributed by atoms with E-state index in [1.807, 2.05) is 12.1 Å². The van der Waals surface area contributed by atoms with E-state index in [9.17, 15) is 0 Å². The minimum atomic E-state index is 0.267. The lowest BCUT2D eigenvalue weighted by Crippen LogP contribution is -2.43. The average Bonchev–Trinajstić information content (AvgIpc) is 2.83. The van der Waals surface area contributed by atoms with Crippen molar-refractivity contribution >= 4 is 15.9 Å². The molecule has 0 bridgehead atoms. The van der Waals surface area contributed by atoms with Crippen LogP contribution in [-0.2, 0) is 0 Å². The molecule has 2 rings (SSSR count). The van der Waals surface area contributed by atoms with Gasteiger partial charge in [0.25, 0.3) is 0 Å². The predicted octanol–water partition coefficient (Wildman–Crippen LogP) is 3.57. The predicted molar refractivity (Wildman–Crippen MR) is 77.7 cm³/mol. The Balaban J connectivity index is 1.76. The molecule has 2 atom stereocenters. The molecular weight excluding hydrogens is 292 g/mol. The molecular formula is C14H23BrN2O. The minimum absolute atomic E-state index is 0.267. The van der Waals surface area contributed by atoms with Gasteiger partial charge in [-0.15, -0.1) is 0 Å². The van der Waals surface area contributed by atoms with Gasteiger partial charge in [0, 0.05) is 12.6 Å². The van der Waals surface area contributed by atoms with Crippen LogP contribution >= 0.6 is 15.9 Å². The average molecular weight is 315 g/mol. The summed E-state index contributed by atoms with van der Waals surface area (Å²) >= 11 is 3.34. The maximum Gasteiger partial charge on any atom is 0.169 e. The second-order valence-electron chi connectivity index (χ2n) is 5.22. The first kappa shape index (κ1) is 14.1. The van der Waals surface area contributed by atoms with Crippen LogP contribution in [0.25, 0.3) is 0 Å². The maximum atomic E-state index is 5.56. The first-order valence-corrected chi connectivity index (χ1v) is 7.69. The lowest BCUT2D eigenvalue weighted by molar-refractivity contribution is 0.167. The molecule has 1 aliphatic heterocycles. The quantitative estimate of drug-likeness (QED) is 0.900. The number of hydrogen-bond acceptors (Lipinski definition) is 3. The maximum absolute atomic E-state index is 5.56. The van der Waals surface area contributed by atoms with Gasteiger partial charge in [-0.05, 0) is 67.8 Å². The molecule has 0 radical (unpaired) electrons. The summed E-state index contributed by atoms with van der Waals surface area (Å²) in [5, 5.41) is 3.55. The summed E-state index contributed by atoms with van der Waals surface area (Å²) in [6.07, 6.45) is 4.10. The van der Waals surface area contributed by atoms with Crippen molar-refractivity contribution in [3.05, 3.63) is 22.6 Å². The van der Waals surface area contributed by atoms with Crippen molar-refractivity contribution in [2.24, 2.45) is 0 Å². The zero-order valence-electron chi connectivity index (χ0n) is 11.3. The van der Waals surface area contributed by atoms with Crippen molar-refractivity contribution in [3.8, 4) is 0 Å². The highest BCUT2D eigenvalue weighted by Gasteiger charge is 2.17. The monoisotopic (exact) mass is 314 g/mol. The molecule has 3 nitrogen and oxygen atoms in total. The fraction of sp³-hybridized carbons (Fsp3) is 0.714. The molecule has 2 unspecified atom stereocenters. The van der Waals surface area contributed by atoms with Crippen molar-refractivity contribution in [3.63, 3.8) is 0 Å². The molecule has 1 aliphatic rings. The van der Waals surface area contributed by atoms with E-state index in [0.717, 1.165) is 17.0 Å². The highest BCUT2D eigenvalue weighted by Crippen LogP contribution is 2.20. The van der Waals surface area contributed by atoms with Gasteiger partial charge in [-0.2, -0.15) is 0 Å². The van der Waals surface area contributed by atoms with E-state index in [2.05, 4.69) is 40.0 Å². The summed E-state index contributed by atoms with van der Waals surface area (Å²) in [6.45, 7) is 7.98. The zero-order chi connectivity index (χ0) is 13.0. The highest BCUT2D eigenvalue weighted by molar-refractivity contribution is 9.10. The van der Waals surface area contributed by atoms with Crippen molar-refractivity contribution in [1.82, 2.24) is 10.2 Å². The Kier molecular flexibility index (Phi) is 5.27. The van der Waals surface area contributed by atoms with Crippen molar-refractivity contribution in [2.45, 2.75) is 45.2 Å². The van der Waals surface area contributed by atoms with E-state index in [0.29, 0.717) is 6.04 Å². The molecule has 0 saturated carbocycles. The van der Waals surface area contributed by atoms with Crippen LogP contribution in [-0.4, -0.2) is 30.6 Å². The Morgan fingerprint density at radius 1 is 1.28 bits per heavy atom. The highest BCUT2D eigenvalue weighted by atomic mass is 79.9. The van der Waals surface area contributed by atoms with Crippen LogP contribution in [0.1, 0.15) is 44.9 Å². The largest absolute Gasteiger partial charge is 0.453 e. The Hall–Kier alpha value is -0.320. The van der Waals surface area contributed by atoms with E-state index in [-0.39, 0.29) is 6.04 Å². The number of piperidine rings is 1. The molecule has 0 aliphatic carbocycles. The lowest BCUT2D eigenvalue weighted by Gasteiger charge is -2.33. The van der Waals surface area contributed by atoms with Gasteiger partial charge in [0.15, 0.2) is 4.67 Å². The first-order chi connectivity index (χ1) is 8.66. The normalized spacial score (nSPS) is 20.8. The smallest absolute Gasteiger partial charge is 0.169 e. The minimum Gasteiger partial charge on any atom is -0.453 e. The third-order valence-corrected chi connectivity index (χ3v) is 4.18. The van der Waals surface area contributed by atoms with Crippen LogP contribution in [0.4, 0.5) is 0 Å². The molecule has 1 saturated heterocycles. The molecule has 0 spiro atoms. The first-order valence-electron chi connectivity index (χ1n) is 6.89. The number of likely N-dealkylation sites (tertiary alicyclic amines) is 1. The molecule has 0 aromatic carbocycles. The van der Waals surface area contributed by atoms with E-state index in [1.165, 1.54) is 32.4 Å². The van der Waals surface area contributed by atoms with Crippen LogP contribution in [0, 0.1) is 0 Å². The molecule has 1 fully saturated rings. The third-order valence-electron chi connectivity index (χ3n) is 3.75. The standard InChI is InChI=1S/C14H23BrN2O/c1-11(17-8-4-3-5-9-17)10-16-12(2)13-6-7-14(15)18-13/h6-7,11-12,16H,3-5,8-10H2,1-2H3. The second-order valence-corrected chi connectivity index (χ2v) is 6.00. The molecule has 102 valence electrons. The number of rotatable bonds is 5. The Morgan fingerprint density at radius 3 is 2.61 bits per heavy atom. The van der Waals surface area contributed by atoms with Crippen LogP contribution in [0.2, 0.25) is 0 Å². The van der Waals surface area contributed by atoms with Crippen molar-refractivity contribution in [2.75, 3.05) is 19.6 Å². The summed E-state index contributed by atoms with van der Waals surface area (Å²) in [5.74, 6) is 0.993. The van der Waals surface area contributed by atoms with E-state index < -0.39 is 0 Å². The number of nitrogens with one attached hydrogen (secondary N) is 1. The Morgan fingerprint density at radius 2 is 2.00 bits per heavy atom.